The first kappa shape index (κ1) is 15.9. The lowest BCUT2D eigenvalue weighted by atomic mass is 9.84. The molecule has 3 fully saturated rings. The van der Waals surface area contributed by atoms with Crippen LogP contribution in [0.4, 0.5) is 4.79 Å². The summed E-state index contributed by atoms with van der Waals surface area (Å²) < 4.78 is 12.7. The Kier molecular flexibility index (Phi) is 3.57. The van der Waals surface area contributed by atoms with Gasteiger partial charge in [-0.05, 0) is 11.1 Å². The van der Waals surface area contributed by atoms with E-state index in [0.29, 0.717) is 5.92 Å². The van der Waals surface area contributed by atoms with E-state index in [4.69, 9.17) is 9.47 Å². The summed E-state index contributed by atoms with van der Waals surface area (Å²) in [6.07, 6.45) is 1.36. The molecule has 0 saturated carbocycles. The number of carbonyl (C=O) groups is 1. The summed E-state index contributed by atoms with van der Waals surface area (Å²) in [4.78, 5) is 12.6. The zero-order valence-electron chi connectivity index (χ0n) is 15.1. The third-order valence-corrected chi connectivity index (χ3v) is 6.46. The highest BCUT2D eigenvalue weighted by Gasteiger charge is 2.45. The molecule has 3 heterocycles. The van der Waals surface area contributed by atoms with E-state index in [1.165, 1.54) is 13.1 Å². The number of likely N-dealkylation sites (N-methyl/N-ethyl adjacent to an activating group) is 1. The molecule has 1 atom stereocenters. The van der Waals surface area contributed by atoms with Gasteiger partial charge in [0.1, 0.15) is 6.54 Å². The van der Waals surface area contributed by atoms with E-state index in [1.54, 1.807) is 0 Å². The van der Waals surface area contributed by atoms with Crippen LogP contribution in [0.2, 0.25) is 0 Å². The van der Waals surface area contributed by atoms with E-state index in [-0.39, 0.29) is 12.2 Å². The quantitative estimate of drug-likeness (QED) is 0.603. The van der Waals surface area contributed by atoms with E-state index < -0.39 is 6.16 Å². The van der Waals surface area contributed by atoms with Crippen LogP contribution in [0.3, 0.4) is 0 Å². The van der Waals surface area contributed by atoms with E-state index in [0.717, 1.165) is 46.1 Å². The van der Waals surface area contributed by atoms with Gasteiger partial charge in [-0.3, -0.25) is 0 Å². The average Bonchev–Trinajstić information content (AvgIpc) is 2.96. The predicted molar refractivity (Wildman–Crippen MR) is 98.6 cm³/mol. The van der Waals surface area contributed by atoms with Crippen LogP contribution in [0.1, 0.15) is 30.1 Å². The fourth-order valence-corrected chi connectivity index (χ4v) is 4.97. The second kappa shape index (κ2) is 5.85. The maximum absolute atomic E-state index is 12.6. The molecular weight excluding hydrogens is 326 g/mol. The number of carbonyl (C=O) groups excluding carboxylic acids is 1. The van der Waals surface area contributed by atoms with Crippen LogP contribution in [0.5, 0.6) is 0 Å². The number of fused-ring (bicyclic) bond motifs is 6. The highest BCUT2D eigenvalue weighted by molar-refractivity contribution is 5.79. The number of hydrogen-bond donors (Lipinski definition) is 0. The Morgan fingerprint density at radius 3 is 2.08 bits per heavy atom. The fraction of sp³-hybridized carbons (Fsp3) is 0.409. The molecule has 0 radical (unpaired) electrons. The summed E-state index contributed by atoms with van der Waals surface area (Å²) in [5.74, 6) is 0.491. The molecule has 4 aliphatic rings. The molecule has 4 nitrogen and oxygen atoms in total. The molecule has 1 aliphatic carbocycles. The van der Waals surface area contributed by atoms with Crippen molar-refractivity contribution in [1.29, 1.82) is 0 Å². The van der Waals surface area contributed by atoms with Crippen molar-refractivity contribution in [2.24, 2.45) is 5.92 Å². The lowest BCUT2D eigenvalue weighted by molar-refractivity contribution is -0.928. The van der Waals surface area contributed by atoms with Gasteiger partial charge in [0.25, 0.3) is 0 Å². The number of rotatable bonds is 2. The molecule has 0 spiro atoms. The molecule has 3 saturated heterocycles. The maximum atomic E-state index is 12.6. The molecule has 0 unspecified atom stereocenters. The number of nitrogens with zero attached hydrogens (tertiary/aromatic N) is 1. The minimum atomic E-state index is -0.535. The van der Waals surface area contributed by atoms with Crippen molar-refractivity contribution in [2.75, 3.05) is 26.7 Å². The first-order chi connectivity index (χ1) is 12.6. The van der Waals surface area contributed by atoms with Crippen molar-refractivity contribution in [1.82, 2.24) is 0 Å². The van der Waals surface area contributed by atoms with Gasteiger partial charge in [0, 0.05) is 29.9 Å². The number of hydrogen-bond acceptors (Lipinski definition) is 3. The standard InChI is InChI=1S/C22H24NO3/c1-23-12-10-15(11-13-23)20(14-23)25-22(24)26-21-18-8-4-2-6-16(18)17-7-3-5-9-19(17)21/h2-9,15,20-21H,10-14H2,1H3/q+1/t15?,20-,23?/m0/s1. The van der Waals surface area contributed by atoms with Crippen LogP contribution in [0, 0.1) is 5.92 Å². The molecule has 0 N–H and O–H groups in total. The number of quaternary nitrogens is 1. The van der Waals surface area contributed by atoms with Crippen LogP contribution in [-0.4, -0.2) is 43.4 Å². The maximum Gasteiger partial charge on any atom is 0.509 e. The Morgan fingerprint density at radius 2 is 1.50 bits per heavy atom. The van der Waals surface area contributed by atoms with Gasteiger partial charge in [0.2, 0.25) is 0 Å². The SMILES string of the molecule is C[N+]12CCC(CC1)[C@@H](OC(=O)OC1c3ccccc3-c3ccccc31)C2. The molecule has 3 aliphatic heterocycles. The third kappa shape index (κ3) is 2.52. The van der Waals surface area contributed by atoms with E-state index in [9.17, 15) is 4.79 Å². The predicted octanol–water partition coefficient (Wildman–Crippen LogP) is 4.15. The van der Waals surface area contributed by atoms with Gasteiger partial charge in [-0.2, -0.15) is 0 Å². The monoisotopic (exact) mass is 350 g/mol. The smallest absolute Gasteiger partial charge is 0.425 e. The Bertz CT molecular complexity index is 808. The zero-order chi connectivity index (χ0) is 17.7. The summed E-state index contributed by atoms with van der Waals surface area (Å²) in [5, 5.41) is 0. The zero-order valence-corrected chi connectivity index (χ0v) is 15.1. The number of benzene rings is 2. The minimum Gasteiger partial charge on any atom is -0.425 e. The van der Waals surface area contributed by atoms with Gasteiger partial charge < -0.3 is 14.0 Å². The molecule has 134 valence electrons. The van der Waals surface area contributed by atoms with Gasteiger partial charge in [0.15, 0.2) is 12.2 Å². The molecule has 0 aromatic heterocycles. The lowest BCUT2D eigenvalue weighted by Crippen LogP contribution is -2.62. The second-order valence-corrected chi connectivity index (χ2v) is 8.17. The Labute approximate surface area is 153 Å². The van der Waals surface area contributed by atoms with Crippen LogP contribution in [0.25, 0.3) is 11.1 Å². The minimum absolute atomic E-state index is 0.0121. The second-order valence-electron chi connectivity index (χ2n) is 8.17. The van der Waals surface area contributed by atoms with Gasteiger partial charge in [-0.1, -0.05) is 48.5 Å². The van der Waals surface area contributed by atoms with Crippen molar-refractivity contribution in [2.45, 2.75) is 25.0 Å². The van der Waals surface area contributed by atoms with Crippen LogP contribution < -0.4 is 0 Å². The van der Waals surface area contributed by atoms with Crippen LogP contribution >= 0.6 is 0 Å². The molecule has 0 amide bonds. The topological polar surface area (TPSA) is 35.5 Å². The normalized spacial score (nSPS) is 29.1. The van der Waals surface area contributed by atoms with Gasteiger partial charge in [0.05, 0.1) is 20.1 Å². The number of ether oxygens (including phenoxy) is 2. The summed E-state index contributed by atoms with van der Waals surface area (Å²) >= 11 is 0. The van der Waals surface area contributed by atoms with Crippen molar-refractivity contribution in [3.05, 3.63) is 59.7 Å². The highest BCUT2D eigenvalue weighted by atomic mass is 16.7. The largest absolute Gasteiger partial charge is 0.509 e. The first-order valence-electron chi connectivity index (χ1n) is 9.52. The summed E-state index contributed by atoms with van der Waals surface area (Å²) in [6.45, 7) is 3.31. The Hall–Kier alpha value is -2.33. The molecule has 2 aromatic carbocycles. The van der Waals surface area contributed by atoms with E-state index >= 15 is 0 Å². The molecular formula is C22H24NO3+. The summed E-state index contributed by atoms with van der Waals surface area (Å²) in [7, 11) is 2.26. The third-order valence-electron chi connectivity index (χ3n) is 6.46. The van der Waals surface area contributed by atoms with E-state index in [2.05, 4.69) is 19.2 Å². The highest BCUT2D eigenvalue weighted by Crippen LogP contribution is 2.45. The summed E-state index contributed by atoms with van der Waals surface area (Å²) in [5.41, 5.74) is 4.36. The molecule has 4 heteroatoms. The molecule has 2 aromatic rings. The molecule has 26 heavy (non-hydrogen) atoms. The molecule has 6 rings (SSSR count). The lowest BCUT2D eigenvalue weighted by Gasteiger charge is -2.49. The van der Waals surface area contributed by atoms with Gasteiger partial charge >= 0.3 is 6.16 Å². The summed E-state index contributed by atoms with van der Waals surface area (Å²) in [6, 6.07) is 16.3. The van der Waals surface area contributed by atoms with Crippen molar-refractivity contribution in [3.8, 4) is 11.1 Å². The van der Waals surface area contributed by atoms with Crippen molar-refractivity contribution >= 4 is 6.16 Å². The fourth-order valence-electron chi connectivity index (χ4n) is 4.97. The number of piperidine rings is 3. The van der Waals surface area contributed by atoms with Crippen LogP contribution in [-0.2, 0) is 9.47 Å². The Balaban J connectivity index is 1.36. The van der Waals surface area contributed by atoms with Crippen molar-refractivity contribution < 1.29 is 18.8 Å². The van der Waals surface area contributed by atoms with Crippen LogP contribution in [0.15, 0.2) is 48.5 Å². The van der Waals surface area contributed by atoms with Crippen molar-refractivity contribution in [3.63, 3.8) is 0 Å². The molecule has 2 bridgehead atoms. The van der Waals surface area contributed by atoms with Gasteiger partial charge in [-0.15, -0.1) is 0 Å². The van der Waals surface area contributed by atoms with Gasteiger partial charge in [-0.25, -0.2) is 4.79 Å². The average molecular weight is 350 g/mol. The Morgan fingerprint density at radius 1 is 0.923 bits per heavy atom. The van der Waals surface area contributed by atoms with E-state index in [1.807, 2.05) is 36.4 Å². The first-order valence-corrected chi connectivity index (χ1v) is 9.52.